The summed E-state index contributed by atoms with van der Waals surface area (Å²) in [5.41, 5.74) is -1.90. The van der Waals surface area contributed by atoms with E-state index in [1.54, 1.807) is 0 Å². The summed E-state index contributed by atoms with van der Waals surface area (Å²) >= 11 is 0. The monoisotopic (exact) mass is 432 g/mol. The largest absolute Gasteiger partial charge is 0.444 e. The fraction of sp³-hybridized carbons (Fsp3) is 0.619. The molecule has 168 valence electrons. The third-order valence-corrected chi connectivity index (χ3v) is 5.51. The number of hydrogen-bond acceptors (Lipinski definition) is 3. The molecule has 2 aliphatic rings. The predicted octanol–water partition coefficient (Wildman–Crippen LogP) is 5.36. The van der Waals surface area contributed by atoms with Crippen LogP contribution in [0.5, 0.6) is 0 Å². The number of anilines is 1. The van der Waals surface area contributed by atoms with Gasteiger partial charge in [0.05, 0.1) is 5.56 Å². The Morgan fingerprint density at radius 2 is 1.80 bits per heavy atom. The van der Waals surface area contributed by atoms with Gasteiger partial charge in [-0.1, -0.05) is 6.92 Å². The number of benzene rings is 1. The molecule has 2 fully saturated rings. The van der Waals surface area contributed by atoms with Crippen LogP contribution in [0.15, 0.2) is 18.2 Å². The number of rotatable bonds is 3. The van der Waals surface area contributed by atoms with Crippen LogP contribution in [0.2, 0.25) is 0 Å². The Bertz CT molecular complexity index is 760. The van der Waals surface area contributed by atoms with Gasteiger partial charge in [0, 0.05) is 11.7 Å². The number of ether oxygens (including phenoxy) is 1. The van der Waals surface area contributed by atoms with Crippen molar-refractivity contribution in [2.45, 2.75) is 64.8 Å². The van der Waals surface area contributed by atoms with E-state index in [0.717, 1.165) is 12.0 Å². The van der Waals surface area contributed by atoms with Gasteiger partial charge in [-0.25, -0.2) is 9.18 Å². The number of alkyl halides is 3. The number of nitrogens with one attached hydrogen (secondary N) is 2. The first-order chi connectivity index (χ1) is 13.8. The Labute approximate surface area is 173 Å². The summed E-state index contributed by atoms with van der Waals surface area (Å²) < 4.78 is 54.3. The Balaban J connectivity index is 0.000000216. The molecule has 0 aromatic heterocycles. The number of amides is 2. The van der Waals surface area contributed by atoms with E-state index >= 15 is 0 Å². The molecule has 1 aromatic rings. The number of hydrogen-bond donors (Lipinski definition) is 2. The quantitative estimate of drug-likeness (QED) is 0.499. The van der Waals surface area contributed by atoms with E-state index in [-0.39, 0.29) is 18.2 Å². The van der Waals surface area contributed by atoms with Crippen LogP contribution in [0.3, 0.4) is 0 Å². The molecule has 1 aromatic carbocycles. The fourth-order valence-corrected chi connectivity index (χ4v) is 4.17. The maximum atomic E-state index is 12.7. The van der Waals surface area contributed by atoms with Gasteiger partial charge in [-0.05, 0) is 76.0 Å². The molecule has 0 radical (unpaired) electrons. The molecule has 4 unspecified atom stereocenters. The van der Waals surface area contributed by atoms with Crippen molar-refractivity contribution in [1.82, 2.24) is 5.32 Å². The summed E-state index contributed by atoms with van der Waals surface area (Å²) in [5.74, 6) is 0.762. The van der Waals surface area contributed by atoms with E-state index in [4.69, 9.17) is 4.74 Å². The van der Waals surface area contributed by atoms with Gasteiger partial charge < -0.3 is 15.4 Å². The SMILES string of the molecule is CC1C2CCC(C2)C1NC(=O)OC(C)(C)C.O=CNc1ccc(F)c(C(F)(F)F)c1. The van der Waals surface area contributed by atoms with Crippen LogP contribution >= 0.6 is 0 Å². The minimum atomic E-state index is -4.76. The molecule has 2 bridgehead atoms. The zero-order chi connectivity index (χ0) is 22.7. The van der Waals surface area contributed by atoms with Crippen LogP contribution in [0.1, 0.15) is 52.5 Å². The van der Waals surface area contributed by atoms with Crippen molar-refractivity contribution in [3.63, 3.8) is 0 Å². The summed E-state index contributed by atoms with van der Waals surface area (Å²) in [5, 5.41) is 5.06. The minimum absolute atomic E-state index is 0.103. The van der Waals surface area contributed by atoms with Gasteiger partial charge in [-0.2, -0.15) is 13.2 Å². The second-order valence-electron chi connectivity index (χ2n) is 8.82. The van der Waals surface area contributed by atoms with Crippen molar-refractivity contribution in [2.24, 2.45) is 17.8 Å². The minimum Gasteiger partial charge on any atom is -0.444 e. The highest BCUT2D eigenvalue weighted by atomic mass is 19.4. The molecule has 30 heavy (non-hydrogen) atoms. The molecule has 0 saturated heterocycles. The highest BCUT2D eigenvalue weighted by Gasteiger charge is 2.46. The molecule has 0 aliphatic heterocycles. The molecule has 2 amide bonds. The summed E-state index contributed by atoms with van der Waals surface area (Å²) in [7, 11) is 0. The van der Waals surface area contributed by atoms with Gasteiger partial charge >= 0.3 is 12.3 Å². The van der Waals surface area contributed by atoms with Gasteiger partial charge in [-0.15, -0.1) is 0 Å². The number of carbonyl (C=O) groups is 2. The van der Waals surface area contributed by atoms with Crippen LogP contribution in [0.4, 0.5) is 28.0 Å². The molecular weight excluding hydrogens is 404 g/mol. The highest BCUT2D eigenvalue weighted by molar-refractivity contribution is 5.71. The van der Waals surface area contributed by atoms with Crippen molar-refractivity contribution in [1.29, 1.82) is 0 Å². The first kappa shape index (κ1) is 24.0. The molecular formula is C21H28F4N2O3. The van der Waals surface area contributed by atoms with E-state index in [1.165, 1.54) is 19.3 Å². The average molecular weight is 432 g/mol. The Hall–Kier alpha value is -2.32. The smallest absolute Gasteiger partial charge is 0.419 e. The summed E-state index contributed by atoms with van der Waals surface area (Å²) in [6, 6.07) is 2.56. The van der Waals surface area contributed by atoms with E-state index < -0.39 is 23.2 Å². The number of carbonyl (C=O) groups excluding carboxylic acids is 2. The lowest BCUT2D eigenvalue weighted by Crippen LogP contribution is -2.45. The number of alkyl carbamates (subject to hydrolysis) is 1. The van der Waals surface area contributed by atoms with E-state index in [1.807, 2.05) is 26.1 Å². The average Bonchev–Trinajstić information content (AvgIpc) is 3.18. The van der Waals surface area contributed by atoms with Crippen molar-refractivity contribution in [3.05, 3.63) is 29.6 Å². The second-order valence-corrected chi connectivity index (χ2v) is 8.82. The molecule has 9 heteroatoms. The molecule has 2 aliphatic carbocycles. The van der Waals surface area contributed by atoms with Crippen molar-refractivity contribution in [2.75, 3.05) is 5.32 Å². The van der Waals surface area contributed by atoms with Crippen molar-refractivity contribution < 1.29 is 31.9 Å². The third kappa shape index (κ3) is 6.34. The van der Waals surface area contributed by atoms with Gasteiger partial charge in [-0.3, -0.25) is 4.79 Å². The highest BCUT2D eigenvalue weighted by Crippen LogP contribution is 2.48. The Kier molecular flexibility index (Phi) is 7.36. The molecule has 2 N–H and O–H groups in total. The second kappa shape index (κ2) is 9.22. The first-order valence-corrected chi connectivity index (χ1v) is 9.88. The van der Waals surface area contributed by atoms with Crippen molar-refractivity contribution in [3.8, 4) is 0 Å². The Morgan fingerprint density at radius 3 is 2.30 bits per heavy atom. The Morgan fingerprint density at radius 1 is 1.17 bits per heavy atom. The fourth-order valence-electron chi connectivity index (χ4n) is 4.17. The van der Waals surface area contributed by atoms with Crippen LogP contribution < -0.4 is 10.6 Å². The van der Waals surface area contributed by atoms with E-state index in [0.29, 0.717) is 30.0 Å². The zero-order valence-corrected chi connectivity index (χ0v) is 17.5. The maximum Gasteiger partial charge on any atom is 0.419 e. The normalized spacial score (nSPS) is 25.2. The summed E-state index contributed by atoms with van der Waals surface area (Å²) in [6.45, 7) is 7.95. The van der Waals surface area contributed by atoms with E-state index in [2.05, 4.69) is 12.2 Å². The number of halogens is 4. The van der Waals surface area contributed by atoms with Crippen LogP contribution in [-0.2, 0) is 15.7 Å². The van der Waals surface area contributed by atoms with Gasteiger partial charge in [0.1, 0.15) is 11.4 Å². The van der Waals surface area contributed by atoms with Crippen molar-refractivity contribution >= 4 is 18.2 Å². The molecule has 2 saturated carbocycles. The lowest BCUT2D eigenvalue weighted by atomic mass is 9.86. The lowest BCUT2D eigenvalue weighted by Gasteiger charge is -2.30. The van der Waals surface area contributed by atoms with Crippen LogP contribution in [0, 0.1) is 23.6 Å². The maximum absolute atomic E-state index is 12.7. The van der Waals surface area contributed by atoms with Gasteiger partial charge in [0.2, 0.25) is 6.41 Å². The topological polar surface area (TPSA) is 67.4 Å². The first-order valence-electron chi connectivity index (χ1n) is 9.88. The zero-order valence-electron chi connectivity index (χ0n) is 17.5. The van der Waals surface area contributed by atoms with Gasteiger partial charge in [0.15, 0.2) is 0 Å². The predicted molar refractivity (Wildman–Crippen MR) is 104 cm³/mol. The molecule has 4 atom stereocenters. The lowest BCUT2D eigenvalue weighted by molar-refractivity contribution is -0.140. The van der Waals surface area contributed by atoms with Crippen LogP contribution in [-0.4, -0.2) is 24.1 Å². The third-order valence-electron chi connectivity index (χ3n) is 5.51. The molecule has 0 heterocycles. The standard InChI is InChI=1S/C13H23NO2.C8H5F4NO/c1-8-9-5-6-10(7-9)11(8)14-12(15)16-13(2,3)4;9-7-2-1-5(13-4-14)3-6(7)8(10,11)12/h8-11H,5-7H2,1-4H3,(H,14,15);1-4H,(H,13,14). The molecule has 5 nitrogen and oxygen atoms in total. The summed E-state index contributed by atoms with van der Waals surface area (Å²) in [6.07, 6.45) is -0.884. The summed E-state index contributed by atoms with van der Waals surface area (Å²) in [4.78, 5) is 21.6. The van der Waals surface area contributed by atoms with Crippen LogP contribution in [0.25, 0.3) is 0 Å². The number of fused-ring (bicyclic) bond motifs is 2. The van der Waals surface area contributed by atoms with E-state index in [9.17, 15) is 27.2 Å². The van der Waals surface area contributed by atoms with Gasteiger partial charge in [0.25, 0.3) is 0 Å². The molecule has 3 rings (SSSR count). The molecule has 0 spiro atoms.